The molecule has 1 fully saturated rings. The van der Waals surface area contributed by atoms with Crippen LogP contribution in [-0.2, 0) is 0 Å². The number of hydrogen-bond acceptors (Lipinski definition) is 5. The Kier molecular flexibility index (Phi) is 2.82. The highest BCUT2D eigenvalue weighted by Gasteiger charge is 2.16. The van der Waals surface area contributed by atoms with E-state index in [9.17, 15) is 4.79 Å². The number of carboxylic acid groups (broad SMARTS) is 1. The van der Waals surface area contributed by atoms with Crippen LogP contribution in [0.2, 0.25) is 0 Å². The number of carbonyl (C=O) groups is 1. The Labute approximate surface area is 126 Å². The topological polar surface area (TPSA) is 79.5 Å². The maximum Gasteiger partial charge on any atom is 0.335 e. The summed E-state index contributed by atoms with van der Waals surface area (Å²) in [6.07, 6.45) is 2.94. The number of aromatic carboxylic acids is 1. The van der Waals surface area contributed by atoms with Crippen LogP contribution in [0.3, 0.4) is 0 Å². The summed E-state index contributed by atoms with van der Waals surface area (Å²) < 4.78 is 5.66. The first kappa shape index (κ1) is 12.8. The Bertz CT molecular complexity index is 851. The van der Waals surface area contributed by atoms with Gasteiger partial charge in [0.15, 0.2) is 5.58 Å². The summed E-state index contributed by atoms with van der Waals surface area (Å²) in [6.45, 7) is 2.10. The van der Waals surface area contributed by atoms with Gasteiger partial charge in [-0.1, -0.05) is 0 Å². The van der Waals surface area contributed by atoms with Crippen LogP contribution < -0.4 is 4.90 Å². The fourth-order valence-corrected chi connectivity index (χ4v) is 2.43. The Hall–Kier alpha value is -2.89. The van der Waals surface area contributed by atoms with Crippen molar-refractivity contribution in [3.63, 3.8) is 0 Å². The normalized spacial score (nSPS) is 14.1. The van der Waals surface area contributed by atoms with Gasteiger partial charge in [0.05, 0.1) is 11.1 Å². The first-order valence-corrected chi connectivity index (χ1v) is 7.06. The highest BCUT2D eigenvalue weighted by atomic mass is 16.4. The molecule has 1 aliphatic rings. The smallest absolute Gasteiger partial charge is 0.335 e. The van der Waals surface area contributed by atoms with Crippen molar-refractivity contribution in [1.29, 1.82) is 0 Å². The minimum Gasteiger partial charge on any atom is -0.478 e. The van der Waals surface area contributed by atoms with Crippen LogP contribution in [0.15, 0.2) is 40.9 Å². The second-order valence-corrected chi connectivity index (χ2v) is 5.25. The number of rotatable bonds is 3. The van der Waals surface area contributed by atoms with Gasteiger partial charge in [0.1, 0.15) is 11.3 Å². The molecule has 6 heteroatoms. The van der Waals surface area contributed by atoms with E-state index in [0.717, 1.165) is 24.5 Å². The van der Waals surface area contributed by atoms with Gasteiger partial charge < -0.3 is 14.4 Å². The van der Waals surface area contributed by atoms with Gasteiger partial charge in [0, 0.05) is 19.3 Å². The van der Waals surface area contributed by atoms with Crippen LogP contribution in [0.4, 0.5) is 5.82 Å². The molecule has 2 aromatic heterocycles. The Morgan fingerprint density at radius 2 is 2.09 bits per heavy atom. The van der Waals surface area contributed by atoms with E-state index in [1.54, 1.807) is 12.3 Å². The Morgan fingerprint density at radius 1 is 1.23 bits per heavy atom. The maximum atomic E-state index is 11.0. The van der Waals surface area contributed by atoms with E-state index >= 15 is 0 Å². The zero-order valence-corrected chi connectivity index (χ0v) is 11.7. The fourth-order valence-electron chi connectivity index (χ4n) is 2.43. The average molecular weight is 295 g/mol. The molecule has 22 heavy (non-hydrogen) atoms. The summed E-state index contributed by atoms with van der Waals surface area (Å²) >= 11 is 0. The largest absolute Gasteiger partial charge is 0.478 e. The Balaban J connectivity index is 1.69. The minimum atomic E-state index is -0.986. The molecule has 1 N–H and O–H groups in total. The van der Waals surface area contributed by atoms with E-state index in [-0.39, 0.29) is 5.56 Å². The number of pyridine rings is 1. The van der Waals surface area contributed by atoms with E-state index in [1.807, 2.05) is 12.1 Å². The molecule has 0 spiro atoms. The molecule has 0 aliphatic carbocycles. The highest BCUT2D eigenvalue weighted by Crippen LogP contribution is 2.26. The third-order valence-corrected chi connectivity index (χ3v) is 3.81. The van der Waals surface area contributed by atoms with Crippen molar-refractivity contribution >= 4 is 22.9 Å². The molecule has 0 saturated carbocycles. The zero-order valence-electron chi connectivity index (χ0n) is 11.7. The maximum absolute atomic E-state index is 11.0. The number of nitrogens with zero attached hydrogens (tertiary/aromatic N) is 3. The Morgan fingerprint density at radius 3 is 2.73 bits per heavy atom. The quantitative estimate of drug-likeness (QED) is 0.800. The van der Waals surface area contributed by atoms with E-state index < -0.39 is 5.97 Å². The van der Waals surface area contributed by atoms with Gasteiger partial charge in [-0.2, -0.15) is 0 Å². The molecule has 1 aromatic carbocycles. The van der Waals surface area contributed by atoms with Crippen LogP contribution in [0, 0.1) is 0 Å². The van der Waals surface area contributed by atoms with Gasteiger partial charge >= 0.3 is 5.97 Å². The van der Waals surface area contributed by atoms with E-state index in [1.165, 1.54) is 18.6 Å². The second-order valence-electron chi connectivity index (χ2n) is 5.25. The van der Waals surface area contributed by atoms with Crippen molar-refractivity contribution in [3.05, 3.63) is 42.1 Å². The summed E-state index contributed by atoms with van der Waals surface area (Å²) in [5.74, 6) is 0.417. The molecule has 0 bridgehead atoms. The summed E-state index contributed by atoms with van der Waals surface area (Å²) in [6, 6.07) is 8.52. The number of aromatic nitrogens is 2. The molecule has 1 aliphatic heterocycles. The first-order chi connectivity index (χ1) is 10.7. The second kappa shape index (κ2) is 4.84. The SMILES string of the molecule is O=C(O)c1ccc2nc(-c3ccc(N4CCC4)nc3)oc2c1. The third kappa shape index (κ3) is 2.09. The summed E-state index contributed by atoms with van der Waals surface area (Å²) in [5.41, 5.74) is 2.05. The van der Waals surface area contributed by atoms with E-state index in [2.05, 4.69) is 14.9 Å². The van der Waals surface area contributed by atoms with Gasteiger partial charge in [-0.05, 0) is 36.8 Å². The lowest BCUT2D eigenvalue weighted by atomic mass is 10.2. The number of hydrogen-bond donors (Lipinski definition) is 1. The van der Waals surface area contributed by atoms with Crippen LogP contribution in [0.25, 0.3) is 22.6 Å². The van der Waals surface area contributed by atoms with E-state index in [0.29, 0.717) is 17.0 Å². The molecule has 0 radical (unpaired) electrons. The lowest BCUT2D eigenvalue weighted by molar-refractivity contribution is 0.0697. The monoisotopic (exact) mass is 295 g/mol. The summed E-state index contributed by atoms with van der Waals surface area (Å²) in [7, 11) is 0. The van der Waals surface area contributed by atoms with Crippen molar-refractivity contribution in [2.24, 2.45) is 0 Å². The molecule has 0 atom stereocenters. The minimum absolute atomic E-state index is 0.182. The van der Waals surface area contributed by atoms with Crippen molar-refractivity contribution in [2.75, 3.05) is 18.0 Å². The van der Waals surface area contributed by atoms with Gasteiger partial charge in [-0.25, -0.2) is 14.8 Å². The molecule has 110 valence electrons. The van der Waals surface area contributed by atoms with Crippen LogP contribution in [0.1, 0.15) is 16.8 Å². The lowest BCUT2D eigenvalue weighted by Gasteiger charge is -2.31. The molecular formula is C16H13N3O3. The van der Waals surface area contributed by atoms with Gasteiger partial charge in [-0.3, -0.25) is 0 Å². The summed E-state index contributed by atoms with van der Waals surface area (Å²) in [5, 5.41) is 9.00. The van der Waals surface area contributed by atoms with E-state index in [4.69, 9.17) is 9.52 Å². The standard InChI is InChI=1S/C16H13N3O3/c20-16(21)10-2-4-12-13(8-10)22-15(18-12)11-3-5-14(17-9-11)19-6-1-7-19/h2-5,8-9H,1,6-7H2,(H,20,21). The number of benzene rings is 1. The van der Waals surface area contributed by atoms with Crippen molar-refractivity contribution in [3.8, 4) is 11.5 Å². The molecular weight excluding hydrogens is 282 g/mol. The number of anilines is 1. The van der Waals surface area contributed by atoms with Crippen LogP contribution in [0.5, 0.6) is 0 Å². The first-order valence-electron chi connectivity index (χ1n) is 7.06. The predicted molar refractivity (Wildman–Crippen MR) is 81.0 cm³/mol. The molecule has 0 unspecified atom stereocenters. The molecule has 1 saturated heterocycles. The zero-order chi connectivity index (χ0) is 15.1. The predicted octanol–water partition coefficient (Wildman–Crippen LogP) is 2.80. The number of oxazole rings is 1. The fraction of sp³-hybridized carbons (Fsp3) is 0.188. The lowest BCUT2D eigenvalue weighted by Crippen LogP contribution is -2.37. The molecule has 4 rings (SSSR count). The van der Waals surface area contributed by atoms with Gasteiger partial charge in [-0.15, -0.1) is 0 Å². The molecule has 0 amide bonds. The molecule has 3 aromatic rings. The number of carboxylic acids is 1. The molecule has 3 heterocycles. The van der Waals surface area contributed by atoms with Gasteiger partial charge in [0.2, 0.25) is 5.89 Å². The van der Waals surface area contributed by atoms with Crippen molar-refractivity contribution < 1.29 is 14.3 Å². The highest BCUT2D eigenvalue weighted by molar-refractivity contribution is 5.92. The van der Waals surface area contributed by atoms with Crippen molar-refractivity contribution in [2.45, 2.75) is 6.42 Å². The average Bonchev–Trinajstić information content (AvgIpc) is 2.89. The number of fused-ring (bicyclic) bond motifs is 1. The third-order valence-electron chi connectivity index (χ3n) is 3.81. The van der Waals surface area contributed by atoms with Crippen molar-refractivity contribution in [1.82, 2.24) is 9.97 Å². The van der Waals surface area contributed by atoms with Crippen LogP contribution >= 0.6 is 0 Å². The summed E-state index contributed by atoms with van der Waals surface area (Å²) in [4.78, 5) is 22.0. The van der Waals surface area contributed by atoms with Crippen LogP contribution in [-0.4, -0.2) is 34.1 Å². The molecule has 6 nitrogen and oxygen atoms in total. The van der Waals surface area contributed by atoms with Gasteiger partial charge in [0.25, 0.3) is 0 Å².